The van der Waals surface area contributed by atoms with E-state index < -0.39 is 182 Å². The fraction of sp³-hybridized carbons (Fsp3) is 0.774. The Bertz CT molecular complexity index is 2430. The van der Waals surface area contributed by atoms with Crippen LogP contribution < -0.4 is 70.4 Å². The average molecular weight is 1330 g/mol. The van der Waals surface area contributed by atoms with Gasteiger partial charge in [0.1, 0.15) is 60.4 Å². The summed E-state index contributed by atoms with van der Waals surface area (Å²) in [6, 6.07) is -14.0. The normalized spacial score (nSPS) is 14.6. The van der Waals surface area contributed by atoms with E-state index in [-0.39, 0.29) is 100 Å². The van der Waals surface area contributed by atoms with Crippen LogP contribution in [0, 0.1) is 29.6 Å². The number of aliphatic carboxylic acids is 4. The predicted molar refractivity (Wildman–Crippen MR) is 344 cm³/mol. The molecule has 0 aliphatic heterocycles. The molecular formula is C62H111N13O18. The van der Waals surface area contributed by atoms with Crippen molar-refractivity contribution in [3.8, 4) is 0 Å². The van der Waals surface area contributed by atoms with Gasteiger partial charge in [0.25, 0.3) is 0 Å². The van der Waals surface area contributed by atoms with Gasteiger partial charge in [0.05, 0.1) is 6.42 Å². The van der Waals surface area contributed by atoms with Gasteiger partial charge in [-0.25, -0.2) is 4.79 Å². The van der Waals surface area contributed by atoms with Crippen LogP contribution >= 0.6 is 0 Å². The number of carbonyl (C=O) groups is 14. The second kappa shape index (κ2) is 46.5. The maximum Gasteiger partial charge on any atom is 0.326 e. The van der Waals surface area contributed by atoms with E-state index in [0.717, 1.165) is 0 Å². The van der Waals surface area contributed by atoms with Gasteiger partial charge in [-0.1, -0.05) is 69.2 Å². The highest BCUT2D eigenvalue weighted by atomic mass is 16.4. The first-order valence-corrected chi connectivity index (χ1v) is 32.6. The van der Waals surface area contributed by atoms with Gasteiger partial charge in [0, 0.05) is 19.3 Å². The smallest absolute Gasteiger partial charge is 0.326 e. The highest BCUT2D eigenvalue weighted by Crippen LogP contribution is 2.16. The Balaban J connectivity index is 7.11. The van der Waals surface area contributed by atoms with Crippen molar-refractivity contribution in [1.29, 1.82) is 0 Å². The molecule has 31 nitrogen and oxygen atoms in total. The van der Waals surface area contributed by atoms with Crippen LogP contribution in [0.3, 0.4) is 0 Å². The summed E-state index contributed by atoms with van der Waals surface area (Å²) in [6.07, 6.45) is -0.894. The van der Waals surface area contributed by atoms with Crippen LogP contribution in [-0.4, -0.2) is 183 Å². The van der Waals surface area contributed by atoms with Crippen LogP contribution in [0.15, 0.2) is 0 Å². The number of hydrogen-bond donors (Lipinski definition) is 17. The molecule has 0 aliphatic rings. The summed E-state index contributed by atoms with van der Waals surface area (Å²) < 4.78 is 0. The summed E-state index contributed by atoms with van der Waals surface area (Å²) >= 11 is 0. The van der Waals surface area contributed by atoms with Gasteiger partial charge >= 0.3 is 23.9 Å². The van der Waals surface area contributed by atoms with Crippen LogP contribution in [0.1, 0.15) is 198 Å². The molecule has 0 aliphatic carbocycles. The van der Waals surface area contributed by atoms with Gasteiger partial charge in [-0.3, -0.25) is 62.3 Å². The van der Waals surface area contributed by atoms with Crippen LogP contribution in [-0.2, 0) is 67.1 Å². The largest absolute Gasteiger partial charge is 0.481 e. The molecular weight excluding hydrogens is 1210 g/mol. The summed E-state index contributed by atoms with van der Waals surface area (Å²) in [6.45, 7) is 18.3. The lowest BCUT2D eigenvalue weighted by molar-refractivity contribution is -0.143. The van der Waals surface area contributed by atoms with Gasteiger partial charge in [-0.2, -0.15) is 0 Å². The molecule has 0 aromatic heterocycles. The Morgan fingerprint density at radius 1 is 0.258 bits per heavy atom. The number of unbranched alkanes of at least 4 members (excludes halogenated alkanes) is 3. The van der Waals surface area contributed by atoms with Crippen molar-refractivity contribution in [2.24, 2.45) is 46.8 Å². The molecule has 0 bridgehead atoms. The first-order valence-electron chi connectivity index (χ1n) is 32.6. The third-order valence-electron chi connectivity index (χ3n) is 14.6. The molecule has 0 saturated heterocycles. The number of hydrogen-bond acceptors (Lipinski definition) is 17. The molecule has 0 aromatic rings. The second-order valence-corrected chi connectivity index (χ2v) is 25.8. The molecule has 0 heterocycles. The lowest BCUT2D eigenvalue weighted by Gasteiger charge is -2.29. The topological polar surface area (TPSA) is 518 Å². The molecule has 10 unspecified atom stereocenters. The third kappa shape index (κ3) is 38.3. The molecule has 0 rings (SSSR count). The van der Waals surface area contributed by atoms with Gasteiger partial charge in [0.2, 0.25) is 59.1 Å². The highest BCUT2D eigenvalue weighted by molar-refractivity contribution is 5.99. The summed E-state index contributed by atoms with van der Waals surface area (Å²) in [4.78, 5) is 187. The Morgan fingerprint density at radius 2 is 0.462 bits per heavy atom. The summed E-state index contributed by atoms with van der Waals surface area (Å²) in [5, 5.41) is 64.2. The summed E-state index contributed by atoms with van der Waals surface area (Å²) in [5.74, 6) is -15.1. The standard InChI is InChI=1S/C62H111N13O18/c1-34(2)29-44(66-49(76)22-25-52(81)82)57(87)74-45(30-35(3)4)58(88)69-41(20-23-50(77)78)55(85)68-40(18-12-15-27-64)54(84)73-48(33-38(9)10)61(91)75-46(31-36(5)6)59(89)70-42(21-24-51(79)80)56(86)67-39(17-11-14-26-63)53(83)72-47(32-37(7)8)60(90)71-43(62(92)93)19-13-16-28-65/h34-48H,11-33,63-65H2,1-10H3,(H,66,76)(H,67,86)(H,68,85)(H,69,88)(H,70,89)(H,71,90)(H,72,83)(H,73,84)(H,74,87)(H,75,91)(H,77,78)(H,79,80)(H,81,82)(H,92,93). The fourth-order valence-electron chi connectivity index (χ4n) is 9.80. The molecule has 0 fully saturated rings. The van der Waals surface area contributed by atoms with Crippen molar-refractivity contribution >= 4 is 82.9 Å². The summed E-state index contributed by atoms with van der Waals surface area (Å²) in [5.41, 5.74) is 17.1. The SMILES string of the molecule is CC(C)CC(NC(=O)CCC(=O)O)C(=O)NC(CC(C)C)C(=O)NC(CCC(=O)O)C(=O)NC(CCCCN)C(=O)NC(CC(C)C)C(=O)NC(CC(C)C)C(=O)NC(CCC(=O)O)C(=O)NC(CCCCN)C(=O)NC(CC(C)C)C(=O)NC(CCCCN)C(=O)O. The Morgan fingerprint density at radius 3 is 0.688 bits per heavy atom. The number of nitrogens with two attached hydrogens (primary N) is 3. The first-order chi connectivity index (χ1) is 43.5. The highest BCUT2D eigenvalue weighted by Gasteiger charge is 2.37. The van der Waals surface area contributed by atoms with Crippen LogP contribution in [0.5, 0.6) is 0 Å². The fourth-order valence-corrected chi connectivity index (χ4v) is 9.80. The van der Waals surface area contributed by atoms with E-state index in [1.807, 2.05) is 0 Å². The van der Waals surface area contributed by atoms with Crippen molar-refractivity contribution in [2.45, 2.75) is 258 Å². The molecule has 93 heavy (non-hydrogen) atoms. The monoisotopic (exact) mass is 1330 g/mol. The minimum absolute atomic E-state index is 0.00722. The van der Waals surface area contributed by atoms with Gasteiger partial charge < -0.3 is 90.8 Å². The Hall–Kier alpha value is -7.54. The molecule has 0 saturated carbocycles. The van der Waals surface area contributed by atoms with Gasteiger partial charge in [-0.05, 0) is 152 Å². The number of nitrogens with one attached hydrogen (secondary N) is 10. The number of carbonyl (C=O) groups excluding carboxylic acids is 10. The van der Waals surface area contributed by atoms with E-state index >= 15 is 0 Å². The lowest BCUT2D eigenvalue weighted by Crippen LogP contribution is -2.61. The molecule has 20 N–H and O–H groups in total. The average Bonchev–Trinajstić information content (AvgIpc) is 1.03. The Labute approximate surface area is 546 Å². The van der Waals surface area contributed by atoms with E-state index in [1.165, 1.54) is 0 Å². The Kier molecular flexibility index (Phi) is 42.7. The molecule has 0 spiro atoms. The molecule has 10 atom stereocenters. The zero-order valence-corrected chi connectivity index (χ0v) is 56.2. The maximum absolute atomic E-state index is 14.5. The van der Waals surface area contributed by atoms with Crippen LogP contribution in [0.2, 0.25) is 0 Å². The van der Waals surface area contributed by atoms with Gasteiger partial charge in [-0.15, -0.1) is 0 Å². The molecule has 10 amide bonds. The van der Waals surface area contributed by atoms with Crippen molar-refractivity contribution in [3.63, 3.8) is 0 Å². The molecule has 0 aromatic carbocycles. The van der Waals surface area contributed by atoms with Gasteiger partial charge in [0.15, 0.2) is 0 Å². The number of carboxylic acids is 4. The zero-order chi connectivity index (χ0) is 71.1. The lowest BCUT2D eigenvalue weighted by atomic mass is 9.98. The quantitative estimate of drug-likeness (QED) is 0.0360. The predicted octanol–water partition coefficient (Wildman–Crippen LogP) is 0.131. The van der Waals surface area contributed by atoms with Crippen LogP contribution in [0.4, 0.5) is 0 Å². The zero-order valence-electron chi connectivity index (χ0n) is 56.2. The molecule has 0 radical (unpaired) electrons. The van der Waals surface area contributed by atoms with E-state index in [0.29, 0.717) is 38.6 Å². The third-order valence-corrected chi connectivity index (χ3v) is 14.6. The van der Waals surface area contributed by atoms with E-state index in [1.54, 1.807) is 69.2 Å². The van der Waals surface area contributed by atoms with Crippen LogP contribution in [0.25, 0.3) is 0 Å². The summed E-state index contributed by atoms with van der Waals surface area (Å²) in [7, 11) is 0. The van der Waals surface area contributed by atoms with Crippen molar-refractivity contribution in [3.05, 3.63) is 0 Å². The van der Waals surface area contributed by atoms with Crippen molar-refractivity contribution < 1.29 is 87.5 Å². The minimum atomic E-state index is -1.63. The number of amides is 10. The minimum Gasteiger partial charge on any atom is -0.481 e. The van der Waals surface area contributed by atoms with E-state index in [4.69, 9.17) is 22.3 Å². The van der Waals surface area contributed by atoms with Crippen molar-refractivity contribution in [2.75, 3.05) is 19.6 Å². The van der Waals surface area contributed by atoms with E-state index in [9.17, 15) is 82.4 Å². The maximum atomic E-state index is 14.5. The number of rotatable bonds is 51. The van der Waals surface area contributed by atoms with Crippen molar-refractivity contribution in [1.82, 2.24) is 53.2 Å². The molecule has 31 heteroatoms. The first kappa shape index (κ1) is 85.5. The molecule has 532 valence electrons. The second-order valence-electron chi connectivity index (χ2n) is 25.8. The van der Waals surface area contributed by atoms with E-state index in [2.05, 4.69) is 53.2 Å². The number of carboxylic acid groups (broad SMARTS) is 4.